The summed E-state index contributed by atoms with van der Waals surface area (Å²) in [5.41, 5.74) is 19.0. The van der Waals surface area contributed by atoms with Crippen molar-refractivity contribution >= 4 is 32.8 Å². The molecular formula is C51H33N3. The van der Waals surface area contributed by atoms with Crippen LogP contribution in [0.4, 0.5) is 0 Å². The molecule has 0 spiro atoms. The maximum Gasteiger partial charge on any atom is 0.145 e. The van der Waals surface area contributed by atoms with Crippen LogP contribution in [0.1, 0.15) is 45.2 Å². The SMILES string of the molecule is c1ccc(-n2c(-c3cccc(-c4cccc5c4C4c6ccccc6C5c5c4cccc5-n4c5ccccc5c5ccccc54)c3)nc3ccccc32)cc1. The number of benzene rings is 8. The highest BCUT2D eigenvalue weighted by Crippen LogP contribution is 2.59. The molecular weight excluding hydrogens is 655 g/mol. The van der Waals surface area contributed by atoms with Crippen molar-refractivity contribution in [1.29, 1.82) is 0 Å². The van der Waals surface area contributed by atoms with Crippen LogP contribution in [0.15, 0.2) is 188 Å². The first-order valence-electron chi connectivity index (χ1n) is 18.8. The summed E-state index contributed by atoms with van der Waals surface area (Å²) in [6, 6.07) is 68.9. The highest BCUT2D eigenvalue weighted by molar-refractivity contribution is 6.09. The molecule has 2 heterocycles. The van der Waals surface area contributed by atoms with E-state index in [0.717, 1.165) is 28.1 Å². The molecule has 252 valence electrons. The van der Waals surface area contributed by atoms with E-state index in [1.807, 2.05) is 0 Å². The first kappa shape index (κ1) is 29.6. The van der Waals surface area contributed by atoms with E-state index in [1.165, 1.54) is 72.0 Å². The summed E-state index contributed by atoms with van der Waals surface area (Å²) in [4.78, 5) is 5.22. The molecule has 10 aromatic rings. The van der Waals surface area contributed by atoms with E-state index in [9.17, 15) is 0 Å². The summed E-state index contributed by atoms with van der Waals surface area (Å²) in [6.07, 6.45) is 0. The van der Waals surface area contributed by atoms with Gasteiger partial charge >= 0.3 is 0 Å². The Morgan fingerprint density at radius 2 is 0.944 bits per heavy atom. The molecule has 2 atom stereocenters. The third-order valence-corrected chi connectivity index (χ3v) is 11.9. The standard InChI is InChI=1S/C51H33N3/c1-2-17-34(18-3-1)53-45-29-11-8-26-42(45)52-51(53)33-16-12-15-32(31-33)35-23-13-24-40-47(35)48-38-21-4-5-22-39(38)49(40)50-41(48)25-14-30-46(50)54-43-27-9-6-19-36(43)37-20-7-10-28-44(37)54/h1-31,48-49H. The van der Waals surface area contributed by atoms with Gasteiger partial charge in [-0.15, -0.1) is 0 Å². The average molecular weight is 688 g/mol. The van der Waals surface area contributed by atoms with Gasteiger partial charge in [-0.3, -0.25) is 4.57 Å². The molecule has 0 radical (unpaired) electrons. The predicted molar refractivity (Wildman–Crippen MR) is 221 cm³/mol. The van der Waals surface area contributed by atoms with Crippen molar-refractivity contribution in [3.63, 3.8) is 0 Å². The molecule has 3 aliphatic rings. The van der Waals surface area contributed by atoms with Crippen LogP contribution in [0.25, 0.3) is 66.7 Å². The third-order valence-electron chi connectivity index (χ3n) is 11.9. The molecule has 0 saturated heterocycles. The maximum absolute atomic E-state index is 5.22. The van der Waals surface area contributed by atoms with Crippen LogP contribution < -0.4 is 0 Å². The van der Waals surface area contributed by atoms with Crippen molar-refractivity contribution in [1.82, 2.24) is 14.1 Å². The minimum absolute atomic E-state index is 0.109. The quantitative estimate of drug-likeness (QED) is 0.181. The molecule has 2 unspecified atom stereocenters. The lowest BCUT2D eigenvalue weighted by Gasteiger charge is -2.44. The monoisotopic (exact) mass is 687 g/mol. The summed E-state index contributed by atoms with van der Waals surface area (Å²) < 4.78 is 4.80. The molecule has 3 nitrogen and oxygen atoms in total. The second-order valence-corrected chi connectivity index (χ2v) is 14.6. The third kappa shape index (κ3) is 4.04. The molecule has 2 aromatic heterocycles. The lowest BCUT2D eigenvalue weighted by atomic mass is 9.59. The normalized spacial score (nSPS) is 15.4. The van der Waals surface area contributed by atoms with E-state index in [1.54, 1.807) is 0 Å². The summed E-state index contributed by atoms with van der Waals surface area (Å²) in [5.74, 6) is 1.16. The van der Waals surface area contributed by atoms with Gasteiger partial charge in [0.15, 0.2) is 0 Å². The number of nitrogens with zero attached hydrogens (tertiary/aromatic N) is 3. The van der Waals surface area contributed by atoms with Gasteiger partial charge in [-0.25, -0.2) is 4.98 Å². The fraction of sp³-hybridized carbons (Fsp3) is 0.0392. The van der Waals surface area contributed by atoms with Crippen LogP contribution in [0.2, 0.25) is 0 Å². The van der Waals surface area contributed by atoms with Gasteiger partial charge in [0.2, 0.25) is 0 Å². The van der Waals surface area contributed by atoms with Crippen molar-refractivity contribution in [2.75, 3.05) is 0 Å². The molecule has 8 aromatic carbocycles. The van der Waals surface area contributed by atoms with Crippen molar-refractivity contribution in [2.45, 2.75) is 11.8 Å². The molecule has 2 bridgehead atoms. The van der Waals surface area contributed by atoms with E-state index in [0.29, 0.717) is 0 Å². The predicted octanol–water partition coefficient (Wildman–Crippen LogP) is 12.4. The van der Waals surface area contributed by atoms with Crippen LogP contribution in [0.5, 0.6) is 0 Å². The number of fused-ring (bicyclic) bond motifs is 4. The number of imidazole rings is 1. The van der Waals surface area contributed by atoms with Crippen molar-refractivity contribution in [2.24, 2.45) is 0 Å². The molecule has 0 N–H and O–H groups in total. The van der Waals surface area contributed by atoms with Crippen LogP contribution in [0.3, 0.4) is 0 Å². The Kier molecular flexibility index (Phi) is 6.17. The lowest BCUT2D eigenvalue weighted by Crippen LogP contribution is -2.29. The minimum atomic E-state index is 0.109. The fourth-order valence-corrected chi connectivity index (χ4v) is 9.80. The molecule has 3 heteroatoms. The van der Waals surface area contributed by atoms with Gasteiger partial charge in [-0.1, -0.05) is 140 Å². The number of rotatable bonds is 4. The summed E-state index contributed by atoms with van der Waals surface area (Å²) >= 11 is 0. The largest absolute Gasteiger partial charge is 0.309 e. The highest BCUT2D eigenvalue weighted by atomic mass is 15.1. The topological polar surface area (TPSA) is 22.8 Å². The Morgan fingerprint density at radius 1 is 0.389 bits per heavy atom. The van der Waals surface area contributed by atoms with Crippen LogP contribution in [0, 0.1) is 0 Å². The van der Waals surface area contributed by atoms with Crippen molar-refractivity contribution in [3.8, 4) is 33.9 Å². The zero-order valence-electron chi connectivity index (χ0n) is 29.4. The molecule has 0 saturated carbocycles. The lowest BCUT2D eigenvalue weighted by molar-refractivity contribution is 0.750. The zero-order chi connectivity index (χ0) is 35.3. The van der Waals surface area contributed by atoms with E-state index < -0.39 is 0 Å². The van der Waals surface area contributed by atoms with Gasteiger partial charge in [-0.05, 0) is 93.0 Å². The van der Waals surface area contributed by atoms with Gasteiger partial charge in [0.05, 0.1) is 27.8 Å². The van der Waals surface area contributed by atoms with Crippen LogP contribution >= 0.6 is 0 Å². The Morgan fingerprint density at radius 3 is 1.70 bits per heavy atom. The second kappa shape index (κ2) is 11.3. The summed E-state index contributed by atoms with van der Waals surface area (Å²) in [7, 11) is 0. The molecule has 3 aliphatic carbocycles. The van der Waals surface area contributed by atoms with Gasteiger partial charge in [0.25, 0.3) is 0 Å². The first-order valence-corrected chi connectivity index (χ1v) is 18.8. The van der Waals surface area contributed by atoms with E-state index in [2.05, 4.69) is 197 Å². The van der Waals surface area contributed by atoms with E-state index in [4.69, 9.17) is 4.98 Å². The van der Waals surface area contributed by atoms with Gasteiger partial charge in [-0.2, -0.15) is 0 Å². The summed E-state index contributed by atoms with van der Waals surface area (Å²) in [5, 5.41) is 2.57. The van der Waals surface area contributed by atoms with Crippen molar-refractivity contribution < 1.29 is 0 Å². The first-order chi connectivity index (χ1) is 26.8. The summed E-state index contributed by atoms with van der Waals surface area (Å²) in [6.45, 7) is 0. The molecule has 0 aliphatic heterocycles. The molecule has 54 heavy (non-hydrogen) atoms. The highest BCUT2D eigenvalue weighted by Gasteiger charge is 2.44. The number of aromatic nitrogens is 3. The number of hydrogen-bond donors (Lipinski definition) is 0. The Labute approximate surface area is 313 Å². The molecule has 13 rings (SSSR count). The minimum Gasteiger partial charge on any atom is -0.309 e. The zero-order valence-corrected chi connectivity index (χ0v) is 29.4. The van der Waals surface area contributed by atoms with E-state index >= 15 is 0 Å². The fourth-order valence-electron chi connectivity index (χ4n) is 9.80. The van der Waals surface area contributed by atoms with E-state index in [-0.39, 0.29) is 11.8 Å². The van der Waals surface area contributed by atoms with Gasteiger partial charge in [0, 0.05) is 33.9 Å². The van der Waals surface area contributed by atoms with Crippen LogP contribution in [-0.2, 0) is 0 Å². The molecule has 0 fully saturated rings. The second-order valence-electron chi connectivity index (χ2n) is 14.6. The van der Waals surface area contributed by atoms with Gasteiger partial charge < -0.3 is 4.57 Å². The van der Waals surface area contributed by atoms with Crippen LogP contribution in [-0.4, -0.2) is 14.1 Å². The number of hydrogen-bond acceptors (Lipinski definition) is 1. The maximum atomic E-state index is 5.22. The Hall–Kier alpha value is -6.97. The smallest absolute Gasteiger partial charge is 0.145 e. The number of para-hydroxylation sites is 5. The molecule has 0 amide bonds. The van der Waals surface area contributed by atoms with Crippen molar-refractivity contribution in [3.05, 3.63) is 221 Å². The van der Waals surface area contributed by atoms with Gasteiger partial charge in [0.1, 0.15) is 5.82 Å². The average Bonchev–Trinajstić information content (AvgIpc) is 3.80. The Bertz CT molecular complexity index is 3070. The Balaban J connectivity index is 1.08.